The number of hydrogen-bond donors (Lipinski definition) is 2. The molecule has 2 aromatic rings. The third-order valence-electron chi connectivity index (χ3n) is 2.82. The van der Waals surface area contributed by atoms with E-state index < -0.39 is 0 Å². The van der Waals surface area contributed by atoms with Gasteiger partial charge in [-0.25, -0.2) is 0 Å². The summed E-state index contributed by atoms with van der Waals surface area (Å²) in [6.45, 7) is 1.44. The third-order valence-corrected chi connectivity index (χ3v) is 3.56. The van der Waals surface area contributed by atoms with Crippen LogP contribution in [0.4, 0.5) is 11.4 Å². The van der Waals surface area contributed by atoms with E-state index >= 15 is 0 Å². The SMILES string of the molecule is CSc1ccc(NC(=O)c2ccc(NC(C)=O)cc2)cc1. The van der Waals surface area contributed by atoms with Crippen molar-refractivity contribution < 1.29 is 9.59 Å². The molecule has 4 nitrogen and oxygen atoms in total. The Kier molecular flexibility index (Phi) is 5.00. The van der Waals surface area contributed by atoms with Gasteiger partial charge in [-0.1, -0.05) is 0 Å². The molecule has 0 aliphatic rings. The Labute approximate surface area is 127 Å². The zero-order valence-corrected chi connectivity index (χ0v) is 12.7. The van der Waals surface area contributed by atoms with E-state index in [0.29, 0.717) is 11.3 Å². The molecule has 2 rings (SSSR count). The van der Waals surface area contributed by atoms with Gasteiger partial charge in [0.15, 0.2) is 0 Å². The fraction of sp³-hybridized carbons (Fsp3) is 0.125. The molecule has 0 saturated heterocycles. The summed E-state index contributed by atoms with van der Waals surface area (Å²) in [6.07, 6.45) is 2.00. The van der Waals surface area contributed by atoms with Crippen molar-refractivity contribution in [3.8, 4) is 0 Å². The lowest BCUT2D eigenvalue weighted by atomic mass is 10.2. The first-order valence-electron chi connectivity index (χ1n) is 6.41. The van der Waals surface area contributed by atoms with E-state index in [2.05, 4.69) is 10.6 Å². The summed E-state index contributed by atoms with van der Waals surface area (Å²) >= 11 is 1.65. The Balaban J connectivity index is 2.03. The van der Waals surface area contributed by atoms with E-state index in [1.54, 1.807) is 36.0 Å². The predicted octanol–water partition coefficient (Wildman–Crippen LogP) is 3.62. The lowest BCUT2D eigenvalue weighted by Gasteiger charge is -2.07. The minimum absolute atomic E-state index is 0.138. The second-order valence-corrected chi connectivity index (χ2v) is 5.32. The zero-order chi connectivity index (χ0) is 15.2. The van der Waals surface area contributed by atoms with Gasteiger partial charge in [-0.3, -0.25) is 9.59 Å². The summed E-state index contributed by atoms with van der Waals surface area (Å²) in [5.41, 5.74) is 1.96. The summed E-state index contributed by atoms with van der Waals surface area (Å²) in [5, 5.41) is 5.49. The highest BCUT2D eigenvalue weighted by Crippen LogP contribution is 2.18. The van der Waals surface area contributed by atoms with Crippen molar-refractivity contribution in [2.75, 3.05) is 16.9 Å². The van der Waals surface area contributed by atoms with Crippen LogP contribution in [0, 0.1) is 0 Å². The van der Waals surface area contributed by atoms with Gasteiger partial charge in [0.25, 0.3) is 5.91 Å². The van der Waals surface area contributed by atoms with Crippen molar-refractivity contribution in [3.05, 3.63) is 54.1 Å². The second-order valence-electron chi connectivity index (χ2n) is 4.44. The minimum atomic E-state index is -0.179. The average Bonchev–Trinajstić information content (AvgIpc) is 2.48. The lowest BCUT2D eigenvalue weighted by molar-refractivity contribution is -0.114. The Morgan fingerprint density at radius 3 is 1.90 bits per heavy atom. The second kappa shape index (κ2) is 6.95. The maximum Gasteiger partial charge on any atom is 0.255 e. The number of thioether (sulfide) groups is 1. The minimum Gasteiger partial charge on any atom is -0.326 e. The Morgan fingerprint density at radius 2 is 1.38 bits per heavy atom. The number of rotatable bonds is 4. The van der Waals surface area contributed by atoms with E-state index in [1.807, 2.05) is 30.5 Å². The highest BCUT2D eigenvalue weighted by molar-refractivity contribution is 7.98. The summed E-state index contributed by atoms with van der Waals surface area (Å²) in [4.78, 5) is 24.2. The predicted molar refractivity (Wildman–Crippen MR) is 86.9 cm³/mol. The molecule has 0 aliphatic carbocycles. The summed E-state index contributed by atoms with van der Waals surface area (Å²) < 4.78 is 0. The molecule has 5 heteroatoms. The van der Waals surface area contributed by atoms with Crippen molar-refractivity contribution in [2.24, 2.45) is 0 Å². The molecule has 108 valence electrons. The van der Waals surface area contributed by atoms with Gasteiger partial charge in [-0.05, 0) is 54.8 Å². The van der Waals surface area contributed by atoms with Crippen LogP contribution >= 0.6 is 11.8 Å². The molecule has 0 heterocycles. The van der Waals surface area contributed by atoms with Crippen molar-refractivity contribution in [1.82, 2.24) is 0 Å². The van der Waals surface area contributed by atoms with Gasteiger partial charge in [-0.15, -0.1) is 11.8 Å². The monoisotopic (exact) mass is 300 g/mol. The van der Waals surface area contributed by atoms with Crippen molar-refractivity contribution in [2.45, 2.75) is 11.8 Å². The Bertz CT molecular complexity index is 636. The molecule has 0 fully saturated rings. The maximum absolute atomic E-state index is 12.1. The van der Waals surface area contributed by atoms with Crippen molar-refractivity contribution in [3.63, 3.8) is 0 Å². The highest BCUT2D eigenvalue weighted by atomic mass is 32.2. The first-order valence-corrected chi connectivity index (χ1v) is 7.64. The molecule has 0 unspecified atom stereocenters. The van der Waals surface area contributed by atoms with Crippen LogP contribution in [0.3, 0.4) is 0 Å². The van der Waals surface area contributed by atoms with Gasteiger partial charge in [-0.2, -0.15) is 0 Å². The van der Waals surface area contributed by atoms with Crippen LogP contribution in [0.2, 0.25) is 0 Å². The molecular weight excluding hydrogens is 284 g/mol. The smallest absolute Gasteiger partial charge is 0.255 e. The largest absolute Gasteiger partial charge is 0.326 e. The molecule has 0 radical (unpaired) electrons. The molecule has 21 heavy (non-hydrogen) atoms. The van der Waals surface area contributed by atoms with Gasteiger partial charge >= 0.3 is 0 Å². The zero-order valence-electron chi connectivity index (χ0n) is 11.8. The summed E-state index contributed by atoms with van der Waals surface area (Å²) in [5.74, 6) is -0.317. The Morgan fingerprint density at radius 1 is 0.857 bits per heavy atom. The van der Waals surface area contributed by atoms with Crippen LogP contribution in [0.25, 0.3) is 0 Å². The van der Waals surface area contributed by atoms with Crippen LogP contribution < -0.4 is 10.6 Å². The molecule has 0 saturated carbocycles. The molecule has 0 aliphatic heterocycles. The number of anilines is 2. The van der Waals surface area contributed by atoms with Crippen LogP contribution in [0.15, 0.2) is 53.4 Å². The van der Waals surface area contributed by atoms with Crippen molar-refractivity contribution in [1.29, 1.82) is 0 Å². The van der Waals surface area contributed by atoms with Gasteiger partial charge in [0, 0.05) is 28.8 Å². The van der Waals surface area contributed by atoms with E-state index in [4.69, 9.17) is 0 Å². The molecule has 0 atom stereocenters. The van der Waals surface area contributed by atoms with Crippen LogP contribution in [0.5, 0.6) is 0 Å². The van der Waals surface area contributed by atoms with Crippen LogP contribution in [0.1, 0.15) is 17.3 Å². The van der Waals surface area contributed by atoms with Gasteiger partial charge < -0.3 is 10.6 Å². The van der Waals surface area contributed by atoms with E-state index in [-0.39, 0.29) is 11.8 Å². The quantitative estimate of drug-likeness (QED) is 0.848. The summed E-state index contributed by atoms with van der Waals surface area (Å²) in [6, 6.07) is 14.4. The van der Waals surface area contributed by atoms with Crippen molar-refractivity contribution >= 4 is 35.0 Å². The third kappa shape index (κ3) is 4.36. The topological polar surface area (TPSA) is 58.2 Å². The standard InChI is InChI=1S/C16H16N2O2S/c1-11(19)17-13-5-3-12(4-6-13)16(20)18-14-7-9-15(21-2)10-8-14/h3-10H,1-2H3,(H,17,19)(H,18,20). The molecule has 0 bridgehead atoms. The van der Waals surface area contributed by atoms with Gasteiger partial charge in [0.05, 0.1) is 0 Å². The molecule has 0 aromatic heterocycles. The molecule has 2 aromatic carbocycles. The van der Waals surface area contributed by atoms with E-state index in [0.717, 1.165) is 10.6 Å². The highest BCUT2D eigenvalue weighted by Gasteiger charge is 2.06. The fourth-order valence-electron chi connectivity index (χ4n) is 1.79. The number of nitrogens with one attached hydrogen (secondary N) is 2. The maximum atomic E-state index is 12.1. The molecular formula is C16H16N2O2S. The number of amides is 2. The number of benzene rings is 2. The van der Waals surface area contributed by atoms with Gasteiger partial charge in [0.1, 0.15) is 0 Å². The Hall–Kier alpha value is -2.27. The normalized spacial score (nSPS) is 10.0. The van der Waals surface area contributed by atoms with Crippen LogP contribution in [-0.2, 0) is 4.79 Å². The van der Waals surface area contributed by atoms with Crippen LogP contribution in [-0.4, -0.2) is 18.1 Å². The summed E-state index contributed by atoms with van der Waals surface area (Å²) in [7, 11) is 0. The van der Waals surface area contributed by atoms with E-state index in [1.165, 1.54) is 6.92 Å². The van der Waals surface area contributed by atoms with Gasteiger partial charge in [0.2, 0.25) is 5.91 Å². The first kappa shape index (κ1) is 15.1. The lowest BCUT2D eigenvalue weighted by Crippen LogP contribution is -2.12. The average molecular weight is 300 g/mol. The molecule has 0 spiro atoms. The molecule has 2 amide bonds. The van der Waals surface area contributed by atoms with E-state index in [9.17, 15) is 9.59 Å². The number of carbonyl (C=O) groups is 2. The molecule has 2 N–H and O–H groups in total. The number of hydrogen-bond acceptors (Lipinski definition) is 3. The number of carbonyl (C=O) groups excluding carboxylic acids is 2. The first-order chi connectivity index (χ1) is 10.1. The fourth-order valence-corrected chi connectivity index (χ4v) is 2.19.